The molecule has 5 nitrogen and oxygen atoms in total. The van der Waals surface area contributed by atoms with Gasteiger partial charge in [0.05, 0.1) is 10.6 Å². The number of aryl methyl sites for hydroxylation is 1. The summed E-state index contributed by atoms with van der Waals surface area (Å²) in [6.07, 6.45) is 0.655. The number of sulfonamides is 1. The maximum absolute atomic E-state index is 12.8. The van der Waals surface area contributed by atoms with Crippen molar-refractivity contribution in [1.82, 2.24) is 0 Å². The molecule has 1 heterocycles. The van der Waals surface area contributed by atoms with Gasteiger partial charge in [0.2, 0.25) is 5.91 Å². The Bertz CT molecular complexity index is 951. The van der Waals surface area contributed by atoms with Crippen LogP contribution in [-0.4, -0.2) is 20.4 Å². The number of nitrogens with one attached hydrogen (secondary N) is 1. The molecule has 2 aromatic carbocycles. The molecular weight excluding hydrogens is 336 g/mol. The van der Waals surface area contributed by atoms with Gasteiger partial charge in [-0.25, -0.2) is 8.42 Å². The first-order valence-corrected chi connectivity index (χ1v) is 9.71. The number of amides is 1. The average Bonchev–Trinajstić information content (AvgIpc) is 2.86. The highest BCUT2D eigenvalue weighted by Crippen LogP contribution is 2.34. The van der Waals surface area contributed by atoms with Gasteiger partial charge in [0.25, 0.3) is 10.0 Å². The number of hydrogen-bond donors (Lipinski definition) is 1. The van der Waals surface area contributed by atoms with Gasteiger partial charge in [0.1, 0.15) is 0 Å². The van der Waals surface area contributed by atoms with E-state index in [2.05, 4.69) is 4.72 Å². The van der Waals surface area contributed by atoms with E-state index >= 15 is 0 Å². The fourth-order valence-corrected chi connectivity index (χ4v) is 4.49. The van der Waals surface area contributed by atoms with Crippen molar-refractivity contribution in [3.63, 3.8) is 0 Å². The summed E-state index contributed by atoms with van der Waals surface area (Å²) >= 11 is 0. The molecule has 0 aromatic heterocycles. The van der Waals surface area contributed by atoms with E-state index in [-0.39, 0.29) is 16.8 Å². The van der Waals surface area contributed by atoms with Crippen LogP contribution in [0.25, 0.3) is 0 Å². The quantitative estimate of drug-likeness (QED) is 0.914. The van der Waals surface area contributed by atoms with E-state index < -0.39 is 10.0 Å². The minimum absolute atomic E-state index is 0.0321. The van der Waals surface area contributed by atoms with Crippen molar-refractivity contribution in [3.05, 3.63) is 53.1 Å². The van der Waals surface area contributed by atoms with Gasteiger partial charge in [-0.1, -0.05) is 12.1 Å². The Kier molecular flexibility index (Phi) is 4.33. The second-order valence-electron chi connectivity index (χ2n) is 6.59. The molecular formula is C19H22N2O3S. The molecule has 0 bridgehead atoms. The molecule has 0 saturated heterocycles. The molecule has 0 radical (unpaired) electrons. The first-order valence-electron chi connectivity index (χ1n) is 8.22. The van der Waals surface area contributed by atoms with Crippen molar-refractivity contribution < 1.29 is 13.2 Å². The first kappa shape index (κ1) is 17.5. The summed E-state index contributed by atoms with van der Waals surface area (Å²) < 4.78 is 28.2. The van der Waals surface area contributed by atoms with Crippen LogP contribution in [0.1, 0.15) is 30.5 Å². The van der Waals surface area contributed by atoms with Crippen molar-refractivity contribution >= 4 is 27.3 Å². The van der Waals surface area contributed by atoms with Crippen LogP contribution in [0.2, 0.25) is 0 Å². The molecule has 0 spiro atoms. The van der Waals surface area contributed by atoms with E-state index in [4.69, 9.17) is 0 Å². The molecule has 1 amide bonds. The van der Waals surface area contributed by atoms with Crippen LogP contribution in [0.3, 0.4) is 0 Å². The molecule has 0 fully saturated rings. The number of anilines is 2. The largest absolute Gasteiger partial charge is 0.309 e. The van der Waals surface area contributed by atoms with E-state index in [1.807, 2.05) is 32.9 Å². The van der Waals surface area contributed by atoms with E-state index in [1.54, 1.807) is 29.2 Å². The zero-order valence-electron chi connectivity index (χ0n) is 14.8. The fraction of sp³-hybridized carbons (Fsp3) is 0.316. The molecule has 132 valence electrons. The third-order valence-corrected chi connectivity index (χ3v) is 6.13. The normalized spacial score (nSPS) is 16.6. The SMILES string of the molecule is CC(=O)N1c2ccc(S(=O)(=O)Nc3cccc(C)c3C)cc2CC1C. The molecule has 0 saturated carbocycles. The highest BCUT2D eigenvalue weighted by atomic mass is 32.2. The third kappa shape index (κ3) is 3.14. The number of carbonyl (C=O) groups excluding carboxylic acids is 1. The van der Waals surface area contributed by atoms with Crippen molar-refractivity contribution in [1.29, 1.82) is 0 Å². The second-order valence-corrected chi connectivity index (χ2v) is 8.27. The minimum atomic E-state index is -3.68. The topological polar surface area (TPSA) is 66.5 Å². The van der Waals surface area contributed by atoms with Crippen molar-refractivity contribution in [3.8, 4) is 0 Å². The summed E-state index contributed by atoms with van der Waals surface area (Å²) in [6.45, 7) is 7.32. The van der Waals surface area contributed by atoms with Gasteiger partial charge in [-0.15, -0.1) is 0 Å². The highest BCUT2D eigenvalue weighted by molar-refractivity contribution is 7.92. The number of benzene rings is 2. The number of nitrogens with zero attached hydrogens (tertiary/aromatic N) is 1. The smallest absolute Gasteiger partial charge is 0.261 e. The van der Waals surface area contributed by atoms with Crippen molar-refractivity contribution in [2.45, 2.75) is 45.1 Å². The average molecular weight is 358 g/mol. The predicted molar refractivity (Wildman–Crippen MR) is 99.5 cm³/mol. The lowest BCUT2D eigenvalue weighted by atomic mass is 10.1. The van der Waals surface area contributed by atoms with Crippen LogP contribution in [-0.2, 0) is 21.2 Å². The van der Waals surface area contributed by atoms with E-state index in [0.717, 1.165) is 22.4 Å². The van der Waals surface area contributed by atoms with Gasteiger partial charge in [-0.2, -0.15) is 0 Å². The van der Waals surface area contributed by atoms with Crippen LogP contribution >= 0.6 is 0 Å². The molecule has 0 aliphatic carbocycles. The summed E-state index contributed by atoms with van der Waals surface area (Å²) in [5.74, 6) is -0.0321. The first-order chi connectivity index (χ1) is 11.7. The third-order valence-electron chi connectivity index (χ3n) is 4.77. The summed E-state index contributed by atoms with van der Waals surface area (Å²) in [5, 5.41) is 0. The van der Waals surface area contributed by atoms with Crippen LogP contribution in [0, 0.1) is 13.8 Å². The summed E-state index contributed by atoms with van der Waals surface area (Å²) in [4.78, 5) is 13.7. The summed E-state index contributed by atoms with van der Waals surface area (Å²) in [7, 11) is -3.68. The van der Waals surface area contributed by atoms with Gasteiger partial charge in [-0.05, 0) is 68.1 Å². The minimum Gasteiger partial charge on any atom is -0.309 e. The van der Waals surface area contributed by atoms with Crippen LogP contribution in [0.15, 0.2) is 41.3 Å². The lowest BCUT2D eigenvalue weighted by Crippen LogP contribution is -2.33. The summed E-state index contributed by atoms with van der Waals surface area (Å²) in [6, 6.07) is 10.5. The molecule has 1 aliphatic rings. The Morgan fingerprint density at radius 1 is 1.20 bits per heavy atom. The Hall–Kier alpha value is -2.34. The summed E-state index contributed by atoms with van der Waals surface area (Å²) in [5.41, 5.74) is 4.19. The van der Waals surface area contributed by atoms with Gasteiger partial charge in [0, 0.05) is 18.7 Å². The standard InChI is InChI=1S/C19H22N2O3S/c1-12-6-5-7-18(14(12)3)20-25(23,24)17-8-9-19-16(11-17)10-13(2)21(19)15(4)22/h5-9,11,13,20H,10H2,1-4H3. The van der Waals surface area contributed by atoms with Crippen molar-refractivity contribution in [2.24, 2.45) is 0 Å². The maximum Gasteiger partial charge on any atom is 0.261 e. The maximum atomic E-state index is 12.8. The Morgan fingerprint density at radius 3 is 2.60 bits per heavy atom. The predicted octanol–water partition coefficient (Wildman–Crippen LogP) is 3.40. The van der Waals surface area contributed by atoms with Gasteiger partial charge in [0.15, 0.2) is 0 Å². The van der Waals surface area contributed by atoms with Crippen molar-refractivity contribution in [2.75, 3.05) is 9.62 Å². The molecule has 3 rings (SSSR count). The fourth-order valence-electron chi connectivity index (χ4n) is 3.32. The number of hydrogen-bond acceptors (Lipinski definition) is 3. The van der Waals surface area contributed by atoms with Crippen LogP contribution in [0.4, 0.5) is 11.4 Å². The van der Waals surface area contributed by atoms with E-state index in [1.165, 1.54) is 6.92 Å². The lowest BCUT2D eigenvalue weighted by Gasteiger charge is -2.20. The molecule has 1 unspecified atom stereocenters. The van der Waals surface area contributed by atoms with Crippen LogP contribution < -0.4 is 9.62 Å². The Morgan fingerprint density at radius 2 is 1.92 bits per heavy atom. The number of rotatable bonds is 3. The zero-order valence-corrected chi connectivity index (χ0v) is 15.6. The zero-order chi connectivity index (χ0) is 18.4. The number of fused-ring (bicyclic) bond motifs is 1. The molecule has 2 aromatic rings. The molecule has 25 heavy (non-hydrogen) atoms. The van der Waals surface area contributed by atoms with Gasteiger partial charge in [-0.3, -0.25) is 9.52 Å². The molecule has 1 atom stereocenters. The van der Waals surface area contributed by atoms with E-state index in [0.29, 0.717) is 12.1 Å². The lowest BCUT2D eigenvalue weighted by molar-refractivity contribution is -0.116. The van der Waals surface area contributed by atoms with Crippen LogP contribution in [0.5, 0.6) is 0 Å². The molecule has 1 aliphatic heterocycles. The molecule has 6 heteroatoms. The van der Waals surface area contributed by atoms with E-state index in [9.17, 15) is 13.2 Å². The monoisotopic (exact) mass is 358 g/mol. The van der Waals surface area contributed by atoms with Gasteiger partial charge >= 0.3 is 0 Å². The van der Waals surface area contributed by atoms with Gasteiger partial charge < -0.3 is 4.90 Å². The Balaban J connectivity index is 1.96. The highest BCUT2D eigenvalue weighted by Gasteiger charge is 2.30. The molecule has 1 N–H and O–H groups in total. The number of carbonyl (C=O) groups is 1. The Labute approximate surface area is 148 Å². The second kappa shape index (κ2) is 6.19.